The van der Waals surface area contributed by atoms with E-state index in [-0.39, 0.29) is 0 Å². The van der Waals surface area contributed by atoms with Crippen LogP contribution in [0, 0.1) is 0 Å². The van der Waals surface area contributed by atoms with Crippen molar-refractivity contribution in [1.82, 2.24) is 4.98 Å². The van der Waals surface area contributed by atoms with Gasteiger partial charge in [-0.25, -0.2) is 4.98 Å². The third-order valence-electron chi connectivity index (χ3n) is 2.19. The standard InChI is InChI=1S/C8H13N3S/c9-8-10-7(6-12-8)11-4-2-1-3-5-11/h6H,1-5H2,(H2,9,10). The monoisotopic (exact) mass is 183 g/mol. The number of piperidine rings is 1. The molecule has 1 aromatic heterocycles. The van der Waals surface area contributed by atoms with Crippen LogP contribution in [-0.2, 0) is 0 Å². The van der Waals surface area contributed by atoms with Gasteiger partial charge in [0.2, 0.25) is 0 Å². The lowest BCUT2D eigenvalue weighted by molar-refractivity contribution is 0.574. The van der Waals surface area contributed by atoms with E-state index >= 15 is 0 Å². The van der Waals surface area contributed by atoms with Crippen molar-refractivity contribution < 1.29 is 0 Å². The highest BCUT2D eigenvalue weighted by molar-refractivity contribution is 7.13. The SMILES string of the molecule is Nc1nc(N2CCCCC2)cs1. The van der Waals surface area contributed by atoms with Crippen molar-refractivity contribution in [3.63, 3.8) is 0 Å². The predicted molar refractivity (Wildman–Crippen MR) is 52.6 cm³/mol. The van der Waals surface area contributed by atoms with Gasteiger partial charge in [-0.05, 0) is 19.3 Å². The Morgan fingerprint density at radius 3 is 2.67 bits per heavy atom. The second-order valence-corrected chi connectivity index (χ2v) is 3.98. The molecule has 1 aromatic rings. The number of nitrogen functional groups attached to an aromatic ring is 1. The maximum absolute atomic E-state index is 5.57. The van der Waals surface area contributed by atoms with Gasteiger partial charge in [0.05, 0.1) is 0 Å². The smallest absolute Gasteiger partial charge is 0.182 e. The molecule has 66 valence electrons. The van der Waals surface area contributed by atoms with Crippen LogP contribution < -0.4 is 10.6 Å². The molecule has 2 rings (SSSR count). The van der Waals surface area contributed by atoms with Crippen LogP contribution in [0.25, 0.3) is 0 Å². The van der Waals surface area contributed by atoms with E-state index in [0.29, 0.717) is 5.13 Å². The average Bonchev–Trinajstić information content (AvgIpc) is 2.54. The molecule has 0 atom stereocenters. The molecule has 1 aliphatic rings. The molecule has 3 nitrogen and oxygen atoms in total. The lowest BCUT2D eigenvalue weighted by atomic mass is 10.1. The summed E-state index contributed by atoms with van der Waals surface area (Å²) < 4.78 is 0. The van der Waals surface area contributed by atoms with E-state index in [1.165, 1.54) is 30.6 Å². The Morgan fingerprint density at radius 2 is 2.08 bits per heavy atom. The first-order valence-electron chi connectivity index (χ1n) is 4.32. The summed E-state index contributed by atoms with van der Waals surface area (Å²) in [5, 5.41) is 2.72. The molecule has 0 unspecified atom stereocenters. The molecule has 1 saturated heterocycles. The summed E-state index contributed by atoms with van der Waals surface area (Å²) in [6, 6.07) is 0. The third-order valence-corrected chi connectivity index (χ3v) is 2.85. The minimum Gasteiger partial charge on any atom is -0.375 e. The van der Waals surface area contributed by atoms with Crippen LogP contribution in [0.3, 0.4) is 0 Å². The topological polar surface area (TPSA) is 42.1 Å². The van der Waals surface area contributed by atoms with Crippen molar-refractivity contribution in [3.8, 4) is 0 Å². The van der Waals surface area contributed by atoms with E-state index in [2.05, 4.69) is 9.88 Å². The first-order valence-corrected chi connectivity index (χ1v) is 5.20. The average molecular weight is 183 g/mol. The van der Waals surface area contributed by atoms with Gasteiger partial charge in [0.15, 0.2) is 5.13 Å². The van der Waals surface area contributed by atoms with Gasteiger partial charge in [-0.15, -0.1) is 11.3 Å². The number of anilines is 2. The summed E-state index contributed by atoms with van der Waals surface area (Å²) in [4.78, 5) is 6.57. The van der Waals surface area contributed by atoms with Gasteiger partial charge in [0.1, 0.15) is 5.82 Å². The Morgan fingerprint density at radius 1 is 1.33 bits per heavy atom. The van der Waals surface area contributed by atoms with Crippen LogP contribution in [0.15, 0.2) is 5.38 Å². The van der Waals surface area contributed by atoms with Crippen LogP contribution >= 0.6 is 11.3 Å². The van der Waals surface area contributed by atoms with Crippen molar-refractivity contribution in [2.45, 2.75) is 19.3 Å². The molecule has 0 amide bonds. The Bertz CT molecular complexity index is 253. The van der Waals surface area contributed by atoms with Gasteiger partial charge >= 0.3 is 0 Å². The highest BCUT2D eigenvalue weighted by Gasteiger charge is 2.12. The molecule has 2 heterocycles. The van der Waals surface area contributed by atoms with E-state index in [0.717, 1.165) is 18.9 Å². The lowest BCUT2D eigenvalue weighted by Gasteiger charge is -2.26. The summed E-state index contributed by atoms with van der Waals surface area (Å²) >= 11 is 1.52. The minimum atomic E-state index is 0.676. The van der Waals surface area contributed by atoms with Crippen LogP contribution in [0.2, 0.25) is 0 Å². The van der Waals surface area contributed by atoms with Crippen molar-refractivity contribution in [2.75, 3.05) is 23.7 Å². The van der Waals surface area contributed by atoms with Crippen molar-refractivity contribution in [2.24, 2.45) is 0 Å². The Hall–Kier alpha value is -0.770. The summed E-state index contributed by atoms with van der Waals surface area (Å²) in [5.74, 6) is 1.07. The van der Waals surface area contributed by atoms with Gasteiger partial charge in [-0.3, -0.25) is 0 Å². The van der Waals surface area contributed by atoms with E-state index in [4.69, 9.17) is 5.73 Å². The Labute approximate surface area is 76.2 Å². The van der Waals surface area contributed by atoms with Crippen LogP contribution in [-0.4, -0.2) is 18.1 Å². The quantitative estimate of drug-likeness (QED) is 0.720. The molecule has 4 heteroatoms. The zero-order valence-electron chi connectivity index (χ0n) is 6.99. The fourth-order valence-corrected chi connectivity index (χ4v) is 2.12. The fraction of sp³-hybridized carbons (Fsp3) is 0.625. The molecule has 0 aromatic carbocycles. The van der Waals surface area contributed by atoms with Crippen LogP contribution in [0.4, 0.5) is 10.9 Å². The normalized spacial score (nSPS) is 18.2. The number of hydrogen-bond donors (Lipinski definition) is 1. The number of rotatable bonds is 1. The highest BCUT2D eigenvalue weighted by Crippen LogP contribution is 2.22. The van der Waals surface area contributed by atoms with Gasteiger partial charge in [-0.2, -0.15) is 0 Å². The zero-order chi connectivity index (χ0) is 8.39. The molecule has 1 aliphatic heterocycles. The van der Waals surface area contributed by atoms with Crippen molar-refractivity contribution in [1.29, 1.82) is 0 Å². The molecule has 0 bridgehead atoms. The first-order chi connectivity index (χ1) is 5.86. The lowest BCUT2D eigenvalue weighted by Crippen LogP contribution is -2.29. The summed E-state index contributed by atoms with van der Waals surface area (Å²) in [6.07, 6.45) is 3.94. The van der Waals surface area contributed by atoms with Gasteiger partial charge in [-0.1, -0.05) is 0 Å². The van der Waals surface area contributed by atoms with Gasteiger partial charge in [0, 0.05) is 18.5 Å². The second-order valence-electron chi connectivity index (χ2n) is 3.09. The third kappa shape index (κ3) is 1.53. The number of nitrogens with two attached hydrogens (primary N) is 1. The van der Waals surface area contributed by atoms with E-state index in [1.807, 2.05) is 5.38 Å². The van der Waals surface area contributed by atoms with Crippen LogP contribution in [0.1, 0.15) is 19.3 Å². The maximum atomic E-state index is 5.57. The molecule has 0 aliphatic carbocycles. The molecule has 0 radical (unpaired) electrons. The minimum absolute atomic E-state index is 0.676. The van der Waals surface area contributed by atoms with Crippen LogP contribution in [0.5, 0.6) is 0 Å². The van der Waals surface area contributed by atoms with Crippen molar-refractivity contribution in [3.05, 3.63) is 5.38 Å². The fourth-order valence-electron chi connectivity index (χ4n) is 1.55. The Kier molecular flexibility index (Phi) is 2.17. The second kappa shape index (κ2) is 3.31. The number of thiazole rings is 1. The number of aromatic nitrogens is 1. The molecule has 12 heavy (non-hydrogen) atoms. The molecule has 1 fully saturated rings. The molecule has 0 spiro atoms. The molecular weight excluding hydrogens is 170 g/mol. The number of nitrogens with zero attached hydrogens (tertiary/aromatic N) is 2. The summed E-state index contributed by atoms with van der Waals surface area (Å²) in [7, 11) is 0. The number of hydrogen-bond acceptors (Lipinski definition) is 4. The van der Waals surface area contributed by atoms with E-state index < -0.39 is 0 Å². The van der Waals surface area contributed by atoms with Crippen molar-refractivity contribution >= 4 is 22.3 Å². The first kappa shape index (κ1) is 7.86. The molecule has 0 saturated carbocycles. The summed E-state index contributed by atoms with van der Waals surface area (Å²) in [5.41, 5.74) is 5.57. The zero-order valence-corrected chi connectivity index (χ0v) is 7.81. The molecular formula is C8H13N3S. The van der Waals surface area contributed by atoms with E-state index in [9.17, 15) is 0 Å². The largest absolute Gasteiger partial charge is 0.375 e. The molecule has 2 N–H and O–H groups in total. The maximum Gasteiger partial charge on any atom is 0.182 e. The van der Waals surface area contributed by atoms with Gasteiger partial charge < -0.3 is 10.6 Å². The summed E-state index contributed by atoms with van der Waals surface area (Å²) in [6.45, 7) is 2.28. The van der Waals surface area contributed by atoms with Gasteiger partial charge in [0.25, 0.3) is 0 Å². The highest BCUT2D eigenvalue weighted by atomic mass is 32.1. The Balaban J connectivity index is 2.08. The predicted octanol–water partition coefficient (Wildman–Crippen LogP) is 1.72. The van der Waals surface area contributed by atoms with E-state index in [1.54, 1.807) is 0 Å².